The molecule has 7 heteroatoms. The predicted molar refractivity (Wildman–Crippen MR) is 109 cm³/mol. The quantitative estimate of drug-likeness (QED) is 0.832. The Balaban J connectivity index is 1.59. The lowest BCUT2D eigenvalue weighted by molar-refractivity contribution is 0.0946. The van der Waals surface area contributed by atoms with Crippen LogP contribution in [0, 0.1) is 6.92 Å². The number of likely N-dealkylation sites (N-methyl/N-ethyl adjacent to an activating group) is 1. The summed E-state index contributed by atoms with van der Waals surface area (Å²) in [6.45, 7) is 6.99. The van der Waals surface area contributed by atoms with Crippen LogP contribution in [0.3, 0.4) is 0 Å². The zero-order valence-corrected chi connectivity index (χ0v) is 16.4. The number of amides is 1. The smallest absolute Gasteiger partial charge is 0.270 e. The Morgan fingerprint density at radius 1 is 1.15 bits per heavy atom. The van der Waals surface area contributed by atoms with E-state index in [1.165, 1.54) is 11.3 Å². The molecule has 0 radical (unpaired) electrons. The van der Waals surface area contributed by atoms with E-state index >= 15 is 0 Å². The van der Waals surface area contributed by atoms with Gasteiger partial charge in [0.05, 0.1) is 0 Å². The molecule has 1 fully saturated rings. The van der Waals surface area contributed by atoms with E-state index in [-0.39, 0.29) is 5.91 Å². The van der Waals surface area contributed by atoms with Gasteiger partial charge >= 0.3 is 0 Å². The largest absolute Gasteiger partial charge is 0.368 e. The Bertz CT molecular complexity index is 771. The van der Waals surface area contributed by atoms with Crippen molar-refractivity contribution in [1.82, 2.24) is 20.2 Å². The van der Waals surface area contributed by atoms with E-state index in [2.05, 4.69) is 56.3 Å². The molecule has 1 N–H and O–H groups in total. The minimum absolute atomic E-state index is 0.154. The molecular formula is C20H28N6O. The van der Waals surface area contributed by atoms with E-state index in [9.17, 15) is 4.79 Å². The van der Waals surface area contributed by atoms with E-state index in [1.54, 1.807) is 12.3 Å². The van der Waals surface area contributed by atoms with Crippen molar-refractivity contribution in [2.24, 2.45) is 0 Å². The van der Waals surface area contributed by atoms with Gasteiger partial charge in [0.25, 0.3) is 5.91 Å². The van der Waals surface area contributed by atoms with Crippen LogP contribution in [0.5, 0.6) is 0 Å². The highest BCUT2D eigenvalue weighted by atomic mass is 16.1. The van der Waals surface area contributed by atoms with Crippen molar-refractivity contribution in [3.8, 4) is 0 Å². The molecule has 7 nitrogen and oxygen atoms in total. The van der Waals surface area contributed by atoms with Crippen molar-refractivity contribution < 1.29 is 4.79 Å². The molecule has 0 spiro atoms. The van der Waals surface area contributed by atoms with Gasteiger partial charge in [0.1, 0.15) is 5.69 Å². The number of piperazine rings is 1. The highest BCUT2D eigenvalue weighted by Crippen LogP contribution is 2.19. The van der Waals surface area contributed by atoms with Gasteiger partial charge in [-0.1, -0.05) is 12.1 Å². The average molecular weight is 368 g/mol. The van der Waals surface area contributed by atoms with Gasteiger partial charge in [-0.25, -0.2) is 9.97 Å². The zero-order chi connectivity index (χ0) is 19.2. The lowest BCUT2D eigenvalue weighted by atomic mass is 10.2. The lowest BCUT2D eigenvalue weighted by Gasteiger charge is -2.36. The number of aromatic nitrogens is 2. The van der Waals surface area contributed by atoms with Gasteiger partial charge in [0.15, 0.2) is 0 Å². The van der Waals surface area contributed by atoms with Crippen LogP contribution in [0.4, 0.5) is 11.6 Å². The average Bonchev–Trinajstić information content (AvgIpc) is 2.68. The van der Waals surface area contributed by atoms with E-state index < -0.39 is 0 Å². The Morgan fingerprint density at radius 2 is 1.89 bits per heavy atom. The molecule has 1 aromatic heterocycles. The maximum Gasteiger partial charge on any atom is 0.270 e. The Kier molecular flexibility index (Phi) is 6.24. The van der Waals surface area contributed by atoms with Crippen LogP contribution < -0.4 is 15.1 Å². The summed E-state index contributed by atoms with van der Waals surface area (Å²) >= 11 is 0. The highest BCUT2D eigenvalue weighted by molar-refractivity contribution is 5.92. The molecule has 1 amide bonds. The van der Waals surface area contributed by atoms with Crippen molar-refractivity contribution in [1.29, 1.82) is 0 Å². The van der Waals surface area contributed by atoms with Crippen molar-refractivity contribution in [3.05, 3.63) is 47.8 Å². The molecule has 2 aromatic rings. The summed E-state index contributed by atoms with van der Waals surface area (Å²) in [5, 5.41) is 2.90. The predicted octanol–water partition coefficient (Wildman–Crippen LogP) is 1.40. The van der Waals surface area contributed by atoms with Crippen molar-refractivity contribution >= 4 is 17.5 Å². The van der Waals surface area contributed by atoms with Crippen LogP contribution in [-0.4, -0.2) is 74.1 Å². The molecule has 1 aliphatic rings. The number of hydrogen-bond acceptors (Lipinski definition) is 6. The number of rotatable bonds is 6. The molecule has 144 valence electrons. The summed E-state index contributed by atoms with van der Waals surface area (Å²) in [7, 11) is 3.96. The summed E-state index contributed by atoms with van der Waals surface area (Å²) in [4.78, 5) is 27.7. The van der Waals surface area contributed by atoms with Crippen LogP contribution in [0.1, 0.15) is 16.1 Å². The molecule has 1 aromatic carbocycles. The second-order valence-corrected chi connectivity index (χ2v) is 7.11. The molecular weight excluding hydrogens is 340 g/mol. The lowest BCUT2D eigenvalue weighted by Crippen LogP contribution is -2.47. The maximum absolute atomic E-state index is 12.3. The van der Waals surface area contributed by atoms with Gasteiger partial charge in [0.2, 0.25) is 5.95 Å². The number of aryl methyl sites for hydroxylation is 1. The highest BCUT2D eigenvalue weighted by Gasteiger charge is 2.20. The third-order valence-electron chi connectivity index (χ3n) is 4.65. The van der Waals surface area contributed by atoms with Gasteiger partial charge in [-0.2, -0.15) is 0 Å². The summed E-state index contributed by atoms with van der Waals surface area (Å²) in [5.41, 5.74) is 2.94. The number of nitrogens with one attached hydrogen (secondary N) is 1. The van der Waals surface area contributed by atoms with Crippen LogP contribution in [0.25, 0.3) is 0 Å². The normalized spacial score (nSPS) is 14.5. The van der Waals surface area contributed by atoms with Crippen molar-refractivity contribution in [2.45, 2.75) is 6.92 Å². The van der Waals surface area contributed by atoms with E-state index in [0.29, 0.717) is 18.2 Å². The van der Waals surface area contributed by atoms with Crippen LogP contribution in [-0.2, 0) is 0 Å². The topological polar surface area (TPSA) is 64.6 Å². The number of hydrogen-bond donors (Lipinski definition) is 1. The number of anilines is 2. The monoisotopic (exact) mass is 368 g/mol. The molecule has 0 saturated carbocycles. The Morgan fingerprint density at radius 3 is 2.59 bits per heavy atom. The second kappa shape index (κ2) is 8.81. The first-order valence-corrected chi connectivity index (χ1v) is 9.35. The fraction of sp³-hybridized carbons (Fsp3) is 0.450. The standard InChI is InChI=1S/C20H28N6O/c1-16-5-4-6-17(15-16)25-11-13-26(14-12-25)20-22-8-7-18(23-20)19(27)21-9-10-24(2)3/h4-8,15H,9-14H2,1-3H3,(H,21,27). The molecule has 0 unspecified atom stereocenters. The Labute approximate surface area is 161 Å². The Hall–Kier alpha value is -2.67. The molecule has 27 heavy (non-hydrogen) atoms. The van der Waals surface area contributed by atoms with Gasteiger partial charge in [-0.3, -0.25) is 4.79 Å². The van der Waals surface area contributed by atoms with E-state index in [1.807, 2.05) is 19.0 Å². The maximum atomic E-state index is 12.3. The number of carbonyl (C=O) groups is 1. The first-order valence-electron chi connectivity index (χ1n) is 9.35. The number of carbonyl (C=O) groups excluding carboxylic acids is 1. The first-order chi connectivity index (χ1) is 13.0. The van der Waals surface area contributed by atoms with Gasteiger partial charge in [-0.15, -0.1) is 0 Å². The van der Waals surface area contributed by atoms with Crippen LogP contribution in [0.15, 0.2) is 36.5 Å². The fourth-order valence-corrected chi connectivity index (χ4v) is 3.10. The van der Waals surface area contributed by atoms with Gasteiger partial charge < -0.3 is 20.0 Å². The van der Waals surface area contributed by atoms with Crippen LogP contribution in [0.2, 0.25) is 0 Å². The van der Waals surface area contributed by atoms with E-state index in [4.69, 9.17) is 0 Å². The van der Waals surface area contributed by atoms with Crippen molar-refractivity contribution in [3.63, 3.8) is 0 Å². The van der Waals surface area contributed by atoms with Gasteiger partial charge in [0, 0.05) is 51.2 Å². The van der Waals surface area contributed by atoms with Gasteiger partial charge in [-0.05, 0) is 44.8 Å². The molecule has 1 saturated heterocycles. The zero-order valence-electron chi connectivity index (χ0n) is 16.4. The molecule has 0 bridgehead atoms. The number of nitrogens with zero attached hydrogens (tertiary/aromatic N) is 5. The van der Waals surface area contributed by atoms with Crippen molar-refractivity contribution in [2.75, 3.05) is 63.2 Å². The number of benzene rings is 1. The third-order valence-corrected chi connectivity index (χ3v) is 4.65. The minimum Gasteiger partial charge on any atom is -0.368 e. The molecule has 1 aliphatic heterocycles. The summed E-state index contributed by atoms with van der Waals surface area (Å²) < 4.78 is 0. The molecule has 0 atom stereocenters. The summed E-state index contributed by atoms with van der Waals surface area (Å²) in [6, 6.07) is 10.2. The third kappa shape index (κ3) is 5.17. The SMILES string of the molecule is Cc1cccc(N2CCN(c3nccc(C(=O)NCCN(C)C)n3)CC2)c1. The molecule has 2 heterocycles. The first kappa shape index (κ1) is 19.1. The fourth-order valence-electron chi connectivity index (χ4n) is 3.10. The molecule has 3 rings (SSSR count). The summed E-state index contributed by atoms with van der Waals surface area (Å²) in [6.07, 6.45) is 1.66. The van der Waals surface area contributed by atoms with Crippen LogP contribution >= 0.6 is 0 Å². The minimum atomic E-state index is -0.154. The van der Waals surface area contributed by atoms with E-state index in [0.717, 1.165) is 32.7 Å². The second-order valence-electron chi connectivity index (χ2n) is 7.11. The summed E-state index contributed by atoms with van der Waals surface area (Å²) in [5.74, 6) is 0.470. The molecule has 0 aliphatic carbocycles.